The Kier molecular flexibility index (Phi) is 4.22. The molecular formula is C12H13ClN4O2S. The van der Waals surface area contributed by atoms with Gasteiger partial charge in [0.15, 0.2) is 0 Å². The molecule has 1 heterocycles. The van der Waals surface area contributed by atoms with Gasteiger partial charge in [-0.15, -0.1) is 0 Å². The van der Waals surface area contributed by atoms with Crippen LogP contribution < -0.4 is 10.5 Å². The number of nitrogens with two attached hydrogens (primary N) is 1. The van der Waals surface area contributed by atoms with Crippen molar-refractivity contribution in [3.05, 3.63) is 46.7 Å². The molecule has 0 aliphatic rings. The number of hydrogen-bond acceptors (Lipinski definition) is 5. The first-order valence-electron chi connectivity index (χ1n) is 5.72. The second-order valence-corrected chi connectivity index (χ2v) is 6.32. The number of hydrogen-bond donors (Lipinski definition) is 2. The molecule has 0 aliphatic heterocycles. The highest BCUT2D eigenvalue weighted by Crippen LogP contribution is 2.26. The summed E-state index contributed by atoms with van der Waals surface area (Å²) >= 11 is 5.97. The summed E-state index contributed by atoms with van der Waals surface area (Å²) in [5.74, 6) is 0. The van der Waals surface area contributed by atoms with Crippen LogP contribution in [0.2, 0.25) is 5.02 Å². The highest BCUT2D eigenvalue weighted by Gasteiger charge is 2.19. The maximum Gasteiger partial charge on any atom is 0.242 e. The lowest BCUT2D eigenvalue weighted by Gasteiger charge is -2.10. The molecule has 0 amide bonds. The van der Waals surface area contributed by atoms with Gasteiger partial charge in [0.2, 0.25) is 10.0 Å². The number of aryl methyl sites for hydroxylation is 1. The minimum absolute atomic E-state index is 0.0281. The molecule has 20 heavy (non-hydrogen) atoms. The Morgan fingerprint density at radius 3 is 2.80 bits per heavy atom. The van der Waals surface area contributed by atoms with Gasteiger partial charge in [-0.2, -0.15) is 10.2 Å². The smallest absolute Gasteiger partial charge is 0.242 e. The van der Waals surface area contributed by atoms with Crippen LogP contribution in [-0.2, 0) is 16.6 Å². The monoisotopic (exact) mass is 312 g/mol. The molecule has 0 saturated heterocycles. The number of sulfonamides is 1. The Morgan fingerprint density at radius 1 is 1.40 bits per heavy atom. The molecule has 0 radical (unpaired) electrons. The fourth-order valence-electron chi connectivity index (χ4n) is 1.55. The predicted molar refractivity (Wildman–Crippen MR) is 76.7 cm³/mol. The Hall–Kier alpha value is -1.70. The van der Waals surface area contributed by atoms with Crippen molar-refractivity contribution in [2.24, 2.45) is 0 Å². The van der Waals surface area contributed by atoms with E-state index in [0.29, 0.717) is 11.4 Å². The standard InChI is InChI=1S/C12H13ClN4O2S/c1-8-5-10(13)12(6-11(8)14)20(18,19)16-7-9-3-2-4-15-17-9/h2-6,16H,7,14H2,1H3. The van der Waals surface area contributed by atoms with E-state index < -0.39 is 10.0 Å². The van der Waals surface area contributed by atoms with Crippen molar-refractivity contribution < 1.29 is 8.42 Å². The van der Waals surface area contributed by atoms with Crippen molar-refractivity contribution in [3.8, 4) is 0 Å². The van der Waals surface area contributed by atoms with Gasteiger partial charge in [0.05, 0.1) is 17.3 Å². The Morgan fingerprint density at radius 2 is 2.15 bits per heavy atom. The van der Waals surface area contributed by atoms with E-state index in [2.05, 4.69) is 14.9 Å². The van der Waals surface area contributed by atoms with Crippen LogP contribution in [0.25, 0.3) is 0 Å². The zero-order valence-electron chi connectivity index (χ0n) is 10.7. The van der Waals surface area contributed by atoms with Crippen LogP contribution in [-0.4, -0.2) is 18.6 Å². The van der Waals surface area contributed by atoms with Crippen molar-refractivity contribution >= 4 is 27.3 Å². The average Bonchev–Trinajstić information content (AvgIpc) is 2.42. The van der Waals surface area contributed by atoms with E-state index >= 15 is 0 Å². The van der Waals surface area contributed by atoms with Gasteiger partial charge >= 0.3 is 0 Å². The van der Waals surface area contributed by atoms with E-state index in [0.717, 1.165) is 5.56 Å². The first-order chi connectivity index (χ1) is 9.40. The lowest BCUT2D eigenvalue weighted by molar-refractivity contribution is 0.580. The molecule has 8 heteroatoms. The van der Waals surface area contributed by atoms with Gasteiger partial charge in [-0.3, -0.25) is 0 Å². The first-order valence-corrected chi connectivity index (χ1v) is 7.58. The molecule has 1 aromatic heterocycles. The average molecular weight is 313 g/mol. The SMILES string of the molecule is Cc1cc(Cl)c(S(=O)(=O)NCc2cccnn2)cc1N. The zero-order chi connectivity index (χ0) is 14.8. The summed E-state index contributed by atoms with van der Waals surface area (Å²) < 4.78 is 26.8. The molecule has 2 rings (SSSR count). The molecule has 0 fully saturated rings. The summed E-state index contributed by atoms with van der Waals surface area (Å²) in [6, 6.07) is 6.21. The highest BCUT2D eigenvalue weighted by molar-refractivity contribution is 7.89. The lowest BCUT2D eigenvalue weighted by Crippen LogP contribution is -2.24. The van der Waals surface area contributed by atoms with Gasteiger partial charge in [-0.1, -0.05) is 11.6 Å². The number of nitrogens with one attached hydrogen (secondary N) is 1. The summed E-state index contributed by atoms with van der Waals surface area (Å²) in [7, 11) is -3.76. The summed E-state index contributed by atoms with van der Waals surface area (Å²) in [6.45, 7) is 1.78. The number of nitrogen functional groups attached to an aromatic ring is 1. The topological polar surface area (TPSA) is 98.0 Å². The molecule has 2 aromatic rings. The lowest BCUT2D eigenvalue weighted by atomic mass is 10.2. The third-order valence-corrected chi connectivity index (χ3v) is 4.55. The fraction of sp³-hybridized carbons (Fsp3) is 0.167. The van der Waals surface area contributed by atoms with Crippen molar-refractivity contribution in [1.29, 1.82) is 0 Å². The number of aromatic nitrogens is 2. The van der Waals surface area contributed by atoms with Crippen LogP contribution in [0.3, 0.4) is 0 Å². The zero-order valence-corrected chi connectivity index (χ0v) is 12.2. The van der Waals surface area contributed by atoms with Crippen LogP contribution in [0.4, 0.5) is 5.69 Å². The van der Waals surface area contributed by atoms with E-state index in [1.54, 1.807) is 19.1 Å². The van der Waals surface area contributed by atoms with Crippen molar-refractivity contribution in [2.45, 2.75) is 18.4 Å². The highest BCUT2D eigenvalue weighted by atomic mass is 35.5. The van der Waals surface area contributed by atoms with Gasteiger partial charge in [0, 0.05) is 11.9 Å². The fourth-order valence-corrected chi connectivity index (χ4v) is 3.16. The third kappa shape index (κ3) is 3.24. The second kappa shape index (κ2) is 5.74. The molecule has 6 nitrogen and oxygen atoms in total. The quantitative estimate of drug-likeness (QED) is 0.834. The molecule has 1 aromatic carbocycles. The van der Waals surface area contributed by atoms with Gasteiger partial charge in [0.1, 0.15) is 4.90 Å². The molecule has 3 N–H and O–H groups in total. The van der Waals surface area contributed by atoms with Crippen LogP contribution >= 0.6 is 11.6 Å². The van der Waals surface area contributed by atoms with Gasteiger partial charge in [-0.05, 0) is 36.8 Å². The van der Waals surface area contributed by atoms with Crippen molar-refractivity contribution in [3.63, 3.8) is 0 Å². The van der Waals surface area contributed by atoms with Crippen LogP contribution in [0.5, 0.6) is 0 Å². The van der Waals surface area contributed by atoms with E-state index in [1.165, 1.54) is 18.3 Å². The van der Waals surface area contributed by atoms with Crippen molar-refractivity contribution in [2.75, 3.05) is 5.73 Å². The largest absolute Gasteiger partial charge is 0.398 e. The molecule has 0 saturated carbocycles. The number of halogens is 1. The van der Waals surface area contributed by atoms with Crippen LogP contribution in [0.1, 0.15) is 11.3 Å². The van der Waals surface area contributed by atoms with Gasteiger partial charge in [0.25, 0.3) is 0 Å². The normalized spacial score (nSPS) is 11.5. The summed E-state index contributed by atoms with van der Waals surface area (Å²) in [5.41, 5.74) is 7.32. The second-order valence-electron chi connectivity index (χ2n) is 4.18. The molecule has 0 atom stereocenters. The van der Waals surface area contributed by atoms with Crippen LogP contribution in [0.15, 0.2) is 35.4 Å². The number of nitrogens with zero attached hydrogens (tertiary/aromatic N) is 2. The Labute approximate surface area is 122 Å². The van der Waals surface area contributed by atoms with E-state index in [-0.39, 0.29) is 16.5 Å². The van der Waals surface area contributed by atoms with E-state index in [4.69, 9.17) is 17.3 Å². The number of rotatable bonds is 4. The maximum absolute atomic E-state index is 12.2. The van der Waals surface area contributed by atoms with E-state index in [9.17, 15) is 8.42 Å². The Balaban J connectivity index is 2.25. The number of anilines is 1. The van der Waals surface area contributed by atoms with Crippen LogP contribution in [0, 0.1) is 6.92 Å². The van der Waals surface area contributed by atoms with Gasteiger partial charge < -0.3 is 5.73 Å². The van der Waals surface area contributed by atoms with Gasteiger partial charge in [-0.25, -0.2) is 13.1 Å². The molecule has 0 aliphatic carbocycles. The van der Waals surface area contributed by atoms with Crippen molar-refractivity contribution in [1.82, 2.24) is 14.9 Å². The minimum atomic E-state index is -3.76. The molecule has 0 unspecified atom stereocenters. The molecule has 0 spiro atoms. The molecule has 0 bridgehead atoms. The number of benzene rings is 1. The predicted octanol–water partition coefficient (Wildman–Crippen LogP) is 1.50. The summed E-state index contributed by atoms with van der Waals surface area (Å²) in [6.07, 6.45) is 1.51. The summed E-state index contributed by atoms with van der Waals surface area (Å²) in [4.78, 5) is -0.0499. The minimum Gasteiger partial charge on any atom is -0.398 e. The Bertz CT molecular complexity index is 720. The van der Waals surface area contributed by atoms with E-state index in [1.807, 2.05) is 0 Å². The third-order valence-electron chi connectivity index (χ3n) is 2.68. The summed E-state index contributed by atoms with van der Waals surface area (Å²) in [5, 5.41) is 7.59. The first kappa shape index (κ1) is 14.7. The molecule has 106 valence electrons. The maximum atomic E-state index is 12.2. The molecular weight excluding hydrogens is 300 g/mol.